The van der Waals surface area contributed by atoms with Crippen LogP contribution in [0.2, 0.25) is 0 Å². The predicted molar refractivity (Wildman–Crippen MR) is 142 cm³/mol. The highest BCUT2D eigenvalue weighted by molar-refractivity contribution is 6.03. The summed E-state index contributed by atoms with van der Waals surface area (Å²) in [6.45, 7) is 6.27. The van der Waals surface area contributed by atoms with Crippen molar-refractivity contribution in [3.8, 4) is 5.75 Å². The Hall–Kier alpha value is -2.54. The molecule has 1 atom stereocenters. The zero-order valence-corrected chi connectivity index (χ0v) is 22.1. The van der Waals surface area contributed by atoms with Gasteiger partial charge >= 0.3 is 0 Å². The van der Waals surface area contributed by atoms with Gasteiger partial charge in [-0.2, -0.15) is 0 Å². The van der Waals surface area contributed by atoms with E-state index in [-0.39, 0.29) is 17.9 Å². The summed E-state index contributed by atoms with van der Waals surface area (Å²) in [6, 6.07) is 8.06. The summed E-state index contributed by atoms with van der Waals surface area (Å²) < 4.78 is 7.50. The first-order valence-corrected chi connectivity index (χ1v) is 14.0. The minimum Gasteiger partial charge on any atom is -0.497 e. The van der Waals surface area contributed by atoms with E-state index in [1.165, 1.54) is 32.1 Å². The van der Waals surface area contributed by atoms with E-state index >= 15 is 0 Å². The molecule has 2 aromatic rings. The second-order valence-electron chi connectivity index (χ2n) is 11.2. The van der Waals surface area contributed by atoms with E-state index in [1.54, 1.807) is 7.11 Å². The summed E-state index contributed by atoms with van der Waals surface area (Å²) in [6.07, 6.45) is 11.6. The van der Waals surface area contributed by atoms with Gasteiger partial charge in [-0.1, -0.05) is 32.1 Å². The van der Waals surface area contributed by atoms with Crippen molar-refractivity contribution in [2.24, 2.45) is 0 Å². The third-order valence-corrected chi connectivity index (χ3v) is 8.62. The molecule has 1 saturated carbocycles. The van der Waals surface area contributed by atoms with E-state index in [2.05, 4.69) is 10.2 Å². The summed E-state index contributed by atoms with van der Waals surface area (Å²) in [5.74, 6) is 0.689. The molecule has 2 amide bonds. The van der Waals surface area contributed by atoms with E-state index in [4.69, 9.17) is 4.74 Å². The number of hydrogen-bond donors (Lipinski definition) is 1. The Labute approximate surface area is 215 Å². The molecule has 1 aliphatic carbocycles. The zero-order chi connectivity index (χ0) is 25.1. The van der Waals surface area contributed by atoms with E-state index in [9.17, 15) is 9.59 Å². The summed E-state index contributed by atoms with van der Waals surface area (Å²) >= 11 is 0. The third-order valence-electron chi connectivity index (χ3n) is 8.62. The van der Waals surface area contributed by atoms with Gasteiger partial charge in [0.05, 0.1) is 19.2 Å². The first kappa shape index (κ1) is 25.1. The molecule has 1 aromatic carbocycles. The van der Waals surface area contributed by atoms with Gasteiger partial charge in [0.1, 0.15) is 17.0 Å². The molecule has 196 valence electrons. The number of carbonyl (C=O) groups excluding carboxylic acids is 2. The number of piperidine rings is 1. The van der Waals surface area contributed by atoms with Gasteiger partial charge in [0.2, 0.25) is 5.91 Å². The molecule has 1 unspecified atom stereocenters. The molecule has 5 rings (SSSR count). The first-order valence-electron chi connectivity index (χ1n) is 14.0. The highest BCUT2D eigenvalue weighted by Crippen LogP contribution is 2.34. The molecule has 7 nitrogen and oxygen atoms in total. The van der Waals surface area contributed by atoms with Crippen LogP contribution in [0.3, 0.4) is 0 Å². The van der Waals surface area contributed by atoms with Crippen molar-refractivity contribution in [3.63, 3.8) is 0 Å². The number of benzene rings is 1. The Kier molecular flexibility index (Phi) is 7.56. The summed E-state index contributed by atoms with van der Waals surface area (Å²) in [5.41, 5.74) is 0.669. The Morgan fingerprint density at radius 3 is 2.47 bits per heavy atom. The minimum atomic E-state index is -0.937. The normalized spacial score (nSPS) is 23.9. The molecule has 0 spiro atoms. The van der Waals surface area contributed by atoms with E-state index in [1.807, 2.05) is 40.7 Å². The second kappa shape index (κ2) is 10.8. The van der Waals surface area contributed by atoms with Gasteiger partial charge in [-0.25, -0.2) is 0 Å². The summed E-state index contributed by atoms with van der Waals surface area (Å²) in [7, 11) is 1.65. The molecule has 1 saturated heterocycles. The maximum absolute atomic E-state index is 14.0. The lowest BCUT2D eigenvalue weighted by molar-refractivity contribution is -0.133. The molecule has 2 fully saturated rings. The molecular weight excluding hydrogens is 452 g/mol. The number of likely N-dealkylation sites (tertiary alicyclic amines) is 1. The SMILES string of the molecule is COc1ccc2cc3n(c2c1)CC(C)(C(=O)NC1CCCCCC1)N(CCCN1CCCCC1)C3=O. The lowest BCUT2D eigenvalue weighted by atomic mass is 9.93. The molecule has 1 aromatic heterocycles. The molecule has 7 heteroatoms. The maximum Gasteiger partial charge on any atom is 0.271 e. The van der Waals surface area contributed by atoms with Crippen LogP contribution in [0.25, 0.3) is 10.9 Å². The molecule has 36 heavy (non-hydrogen) atoms. The van der Waals surface area contributed by atoms with Gasteiger partial charge in [-0.15, -0.1) is 0 Å². The Morgan fingerprint density at radius 1 is 1.03 bits per heavy atom. The molecule has 2 aliphatic heterocycles. The second-order valence-corrected chi connectivity index (χ2v) is 11.2. The van der Waals surface area contributed by atoms with Crippen molar-refractivity contribution < 1.29 is 14.3 Å². The average Bonchev–Trinajstić information content (AvgIpc) is 3.05. The third kappa shape index (κ3) is 4.99. The zero-order valence-electron chi connectivity index (χ0n) is 22.1. The maximum atomic E-state index is 14.0. The van der Waals surface area contributed by atoms with Crippen LogP contribution in [0, 0.1) is 0 Å². The summed E-state index contributed by atoms with van der Waals surface area (Å²) in [4.78, 5) is 32.3. The van der Waals surface area contributed by atoms with E-state index < -0.39 is 5.54 Å². The monoisotopic (exact) mass is 494 g/mol. The fraction of sp³-hybridized carbons (Fsp3) is 0.655. The van der Waals surface area contributed by atoms with Crippen molar-refractivity contribution in [3.05, 3.63) is 30.0 Å². The number of nitrogens with zero attached hydrogens (tertiary/aromatic N) is 3. The fourth-order valence-corrected chi connectivity index (χ4v) is 6.41. The lowest BCUT2D eigenvalue weighted by Crippen LogP contribution is -2.65. The molecule has 0 radical (unpaired) electrons. The van der Waals surface area contributed by atoms with E-state index in [0.29, 0.717) is 18.8 Å². The topological polar surface area (TPSA) is 66.8 Å². The lowest BCUT2D eigenvalue weighted by Gasteiger charge is -2.45. The van der Waals surface area contributed by atoms with Gasteiger partial charge in [0, 0.05) is 24.0 Å². The van der Waals surface area contributed by atoms with Crippen molar-refractivity contribution in [2.45, 2.75) is 89.3 Å². The fourth-order valence-electron chi connectivity index (χ4n) is 6.41. The molecular formula is C29H42N4O3. The number of amides is 2. The van der Waals surface area contributed by atoms with Crippen LogP contribution in [-0.4, -0.2) is 71.1 Å². The van der Waals surface area contributed by atoms with Crippen LogP contribution in [0.15, 0.2) is 24.3 Å². The van der Waals surface area contributed by atoms with Crippen LogP contribution in [0.4, 0.5) is 0 Å². The number of methoxy groups -OCH3 is 1. The molecule has 3 heterocycles. The van der Waals surface area contributed by atoms with Crippen LogP contribution < -0.4 is 10.1 Å². The van der Waals surface area contributed by atoms with E-state index in [0.717, 1.165) is 68.4 Å². The standard InChI is InChI=1S/C29H42N4O3/c1-29(28(35)30-23-11-6-3-4-7-12-23)21-32-25-20-24(36-2)14-13-22(25)19-26(32)27(34)33(29)18-10-17-31-15-8-5-9-16-31/h13-14,19-20,23H,3-12,15-18,21H2,1-2H3,(H,30,35). The van der Waals surface area contributed by atoms with Crippen LogP contribution in [0.1, 0.15) is 81.6 Å². The number of nitrogens with one attached hydrogen (secondary N) is 1. The summed E-state index contributed by atoms with van der Waals surface area (Å²) in [5, 5.41) is 4.37. The molecule has 1 N–H and O–H groups in total. The van der Waals surface area contributed by atoms with Gasteiger partial charge in [0.25, 0.3) is 5.91 Å². The number of fused-ring (bicyclic) bond motifs is 3. The quantitative estimate of drug-likeness (QED) is 0.572. The highest BCUT2D eigenvalue weighted by atomic mass is 16.5. The Balaban J connectivity index is 1.43. The largest absolute Gasteiger partial charge is 0.497 e. The highest BCUT2D eigenvalue weighted by Gasteiger charge is 2.48. The smallest absolute Gasteiger partial charge is 0.271 e. The van der Waals surface area contributed by atoms with Gasteiger partial charge in [-0.3, -0.25) is 9.59 Å². The van der Waals surface area contributed by atoms with Crippen molar-refractivity contribution >= 4 is 22.7 Å². The number of ether oxygens (including phenoxy) is 1. The van der Waals surface area contributed by atoms with Crippen molar-refractivity contribution in [2.75, 3.05) is 33.3 Å². The van der Waals surface area contributed by atoms with Crippen molar-refractivity contribution in [1.82, 2.24) is 19.7 Å². The van der Waals surface area contributed by atoms with Crippen LogP contribution in [0.5, 0.6) is 5.75 Å². The minimum absolute atomic E-state index is 0.0175. The number of hydrogen-bond acceptors (Lipinski definition) is 4. The number of aromatic nitrogens is 1. The molecule has 3 aliphatic rings. The van der Waals surface area contributed by atoms with Gasteiger partial charge in [-0.05, 0) is 76.9 Å². The predicted octanol–water partition coefficient (Wildman–Crippen LogP) is 4.58. The average molecular weight is 495 g/mol. The Bertz CT molecular complexity index is 1080. The first-order chi connectivity index (χ1) is 17.5. The van der Waals surface area contributed by atoms with Gasteiger partial charge in [0.15, 0.2) is 0 Å². The molecule has 0 bridgehead atoms. The van der Waals surface area contributed by atoms with Crippen LogP contribution in [-0.2, 0) is 11.3 Å². The number of carbonyl (C=O) groups is 2. The van der Waals surface area contributed by atoms with Crippen molar-refractivity contribution in [1.29, 1.82) is 0 Å². The van der Waals surface area contributed by atoms with Crippen LogP contribution >= 0.6 is 0 Å². The number of rotatable bonds is 7. The Morgan fingerprint density at radius 2 is 1.75 bits per heavy atom. The van der Waals surface area contributed by atoms with Gasteiger partial charge < -0.3 is 24.4 Å².